The van der Waals surface area contributed by atoms with Gasteiger partial charge >= 0.3 is 0 Å². The quantitative estimate of drug-likeness (QED) is 0.765. The van der Waals surface area contributed by atoms with Crippen molar-refractivity contribution in [2.45, 2.75) is 6.92 Å². The third-order valence-electron chi connectivity index (χ3n) is 2.90. The van der Waals surface area contributed by atoms with Crippen LogP contribution < -0.4 is 10.8 Å². The number of aromatic nitrogens is 1. The molecule has 0 aliphatic heterocycles. The van der Waals surface area contributed by atoms with Crippen molar-refractivity contribution < 1.29 is 10.4 Å². The smallest absolute Gasteiger partial charge is 0.251 e. The topological polar surface area (TPSA) is 69.7 Å². The third-order valence-corrected chi connectivity index (χ3v) is 2.90. The SMILES string of the molecule is C/C(=C\c1cc(=O)n(C)c2ccccc12)[NH+]([O-])O. The number of allylic oxidation sites excluding steroid dienone is 1. The summed E-state index contributed by atoms with van der Waals surface area (Å²) in [5.41, 5.74) is 1.47. The number of hydrogen-bond donors (Lipinski definition) is 2. The predicted octanol–water partition coefficient (Wildman–Crippen LogP) is 0.671. The van der Waals surface area contributed by atoms with Gasteiger partial charge in [0.1, 0.15) is 5.70 Å². The van der Waals surface area contributed by atoms with Gasteiger partial charge in [0.15, 0.2) is 0 Å². The normalized spacial score (nSPS) is 13.9. The number of pyridine rings is 1. The molecule has 0 bridgehead atoms. The molecule has 0 amide bonds. The van der Waals surface area contributed by atoms with Gasteiger partial charge in [-0.25, -0.2) is 5.21 Å². The monoisotopic (exact) mass is 246 g/mol. The maximum Gasteiger partial charge on any atom is 0.251 e. The van der Waals surface area contributed by atoms with Gasteiger partial charge in [-0.3, -0.25) is 4.79 Å². The van der Waals surface area contributed by atoms with E-state index in [1.54, 1.807) is 11.6 Å². The Morgan fingerprint density at radius 3 is 2.78 bits per heavy atom. The van der Waals surface area contributed by atoms with Crippen LogP contribution in [0.5, 0.6) is 0 Å². The first-order valence-electron chi connectivity index (χ1n) is 5.51. The zero-order valence-corrected chi connectivity index (χ0v) is 10.2. The fourth-order valence-corrected chi connectivity index (χ4v) is 1.85. The van der Waals surface area contributed by atoms with Gasteiger partial charge in [-0.2, -0.15) is 5.23 Å². The summed E-state index contributed by atoms with van der Waals surface area (Å²) in [4.78, 5) is 11.8. The molecule has 2 N–H and O–H groups in total. The highest BCUT2D eigenvalue weighted by molar-refractivity contribution is 5.88. The first-order valence-corrected chi connectivity index (χ1v) is 5.51. The molecule has 18 heavy (non-hydrogen) atoms. The average Bonchev–Trinajstić information content (AvgIpc) is 2.35. The molecule has 1 unspecified atom stereocenters. The van der Waals surface area contributed by atoms with E-state index >= 15 is 0 Å². The molecule has 2 rings (SSSR count). The van der Waals surface area contributed by atoms with Crippen molar-refractivity contribution in [2.24, 2.45) is 7.05 Å². The van der Waals surface area contributed by atoms with Crippen molar-refractivity contribution in [3.8, 4) is 0 Å². The van der Waals surface area contributed by atoms with Crippen LogP contribution in [-0.2, 0) is 7.05 Å². The number of aryl methyl sites for hydroxylation is 1. The summed E-state index contributed by atoms with van der Waals surface area (Å²) in [6, 6.07) is 8.87. The molecule has 0 aliphatic rings. The molecule has 0 aliphatic carbocycles. The van der Waals surface area contributed by atoms with E-state index in [9.17, 15) is 10.0 Å². The average molecular weight is 246 g/mol. The second-order valence-electron chi connectivity index (χ2n) is 4.15. The van der Waals surface area contributed by atoms with Crippen molar-refractivity contribution in [1.82, 2.24) is 4.57 Å². The summed E-state index contributed by atoms with van der Waals surface area (Å²) in [5, 5.41) is 19.6. The van der Waals surface area contributed by atoms with Crippen LogP contribution in [0.2, 0.25) is 0 Å². The molecule has 5 heteroatoms. The van der Waals surface area contributed by atoms with Crippen molar-refractivity contribution in [1.29, 1.82) is 0 Å². The Labute approximate surface area is 104 Å². The summed E-state index contributed by atoms with van der Waals surface area (Å²) < 4.78 is 1.54. The minimum absolute atomic E-state index is 0.155. The van der Waals surface area contributed by atoms with Gasteiger partial charge in [0, 0.05) is 31.5 Å². The van der Waals surface area contributed by atoms with Gasteiger partial charge in [0.2, 0.25) is 0 Å². The zero-order chi connectivity index (χ0) is 13.3. The fourth-order valence-electron chi connectivity index (χ4n) is 1.85. The lowest BCUT2D eigenvalue weighted by Gasteiger charge is -2.12. The number of quaternary nitrogens is 1. The van der Waals surface area contributed by atoms with E-state index in [2.05, 4.69) is 0 Å². The van der Waals surface area contributed by atoms with E-state index in [-0.39, 0.29) is 11.3 Å². The Kier molecular flexibility index (Phi) is 3.29. The highest BCUT2D eigenvalue weighted by Gasteiger charge is 2.06. The molecule has 0 saturated carbocycles. The summed E-state index contributed by atoms with van der Waals surface area (Å²) in [6.45, 7) is 1.51. The van der Waals surface area contributed by atoms with Crippen molar-refractivity contribution in [3.05, 3.63) is 57.2 Å². The first kappa shape index (κ1) is 12.5. The van der Waals surface area contributed by atoms with Crippen molar-refractivity contribution in [3.63, 3.8) is 0 Å². The number of hydroxylamine groups is 2. The van der Waals surface area contributed by atoms with Crippen molar-refractivity contribution in [2.75, 3.05) is 0 Å². The van der Waals surface area contributed by atoms with Crippen LogP contribution in [0, 0.1) is 5.21 Å². The lowest BCUT2D eigenvalue weighted by atomic mass is 10.1. The number of hydrogen-bond acceptors (Lipinski definition) is 3. The van der Waals surface area contributed by atoms with E-state index in [4.69, 9.17) is 5.21 Å². The maximum absolute atomic E-state index is 11.8. The summed E-state index contributed by atoms with van der Waals surface area (Å²) in [5.74, 6) is 0. The number of nitrogens with zero attached hydrogens (tertiary/aromatic N) is 1. The standard InChI is InChI=1S/C13H14N2O3/c1-9(15(17)18)7-10-8-13(16)14(2)12-6-4-3-5-11(10)12/h3-8,15,17H,1-2H3/b9-7+. The Morgan fingerprint density at radius 1 is 1.44 bits per heavy atom. The Morgan fingerprint density at radius 2 is 2.11 bits per heavy atom. The molecule has 0 spiro atoms. The molecule has 1 atom stereocenters. The van der Waals surface area contributed by atoms with Crippen LogP contribution in [0.25, 0.3) is 17.0 Å². The second kappa shape index (κ2) is 4.73. The fraction of sp³-hybridized carbons (Fsp3) is 0.154. The molecular weight excluding hydrogens is 232 g/mol. The Balaban J connectivity index is 2.76. The van der Waals surface area contributed by atoms with Crippen molar-refractivity contribution >= 4 is 17.0 Å². The highest BCUT2D eigenvalue weighted by atomic mass is 16.8. The molecule has 1 aromatic carbocycles. The van der Waals surface area contributed by atoms with Crippen LogP contribution in [0.3, 0.4) is 0 Å². The summed E-state index contributed by atoms with van der Waals surface area (Å²) >= 11 is 0. The predicted molar refractivity (Wildman–Crippen MR) is 69.0 cm³/mol. The van der Waals surface area contributed by atoms with Gasteiger partial charge in [-0.05, 0) is 11.6 Å². The number of nitrogens with one attached hydrogen (secondary N) is 1. The van der Waals surface area contributed by atoms with Crippen LogP contribution in [0.4, 0.5) is 0 Å². The van der Waals surface area contributed by atoms with E-state index in [0.717, 1.165) is 10.9 Å². The van der Waals surface area contributed by atoms with Crippen LogP contribution >= 0.6 is 0 Å². The van der Waals surface area contributed by atoms with Gasteiger partial charge < -0.3 is 9.77 Å². The number of benzene rings is 1. The Bertz CT molecular complexity index is 671. The van der Waals surface area contributed by atoms with Gasteiger partial charge in [-0.15, -0.1) is 0 Å². The molecule has 94 valence electrons. The highest BCUT2D eigenvalue weighted by Crippen LogP contribution is 2.17. The van der Waals surface area contributed by atoms with E-state index in [0.29, 0.717) is 5.56 Å². The van der Waals surface area contributed by atoms with E-state index in [1.807, 2.05) is 24.3 Å². The lowest BCUT2D eigenvalue weighted by molar-refractivity contribution is -1.01. The molecule has 0 saturated heterocycles. The lowest BCUT2D eigenvalue weighted by Crippen LogP contribution is -3.02. The zero-order valence-electron chi connectivity index (χ0n) is 10.2. The molecule has 2 aromatic rings. The Hall–Kier alpha value is -1.95. The first-order chi connectivity index (χ1) is 8.50. The van der Waals surface area contributed by atoms with E-state index < -0.39 is 5.23 Å². The van der Waals surface area contributed by atoms with Gasteiger partial charge in [-0.1, -0.05) is 18.2 Å². The largest absolute Gasteiger partial charge is 0.595 e. The molecule has 5 nitrogen and oxygen atoms in total. The number of rotatable bonds is 2. The number of fused-ring (bicyclic) bond motifs is 1. The molecule has 0 radical (unpaired) electrons. The molecular formula is C13H14N2O3. The molecule has 1 heterocycles. The molecule has 0 fully saturated rings. The summed E-state index contributed by atoms with van der Waals surface area (Å²) in [6.07, 6.45) is 1.52. The molecule has 1 aromatic heterocycles. The number of para-hydroxylation sites is 1. The second-order valence-corrected chi connectivity index (χ2v) is 4.15. The van der Waals surface area contributed by atoms with E-state index in [1.165, 1.54) is 19.1 Å². The minimum atomic E-state index is -0.986. The summed E-state index contributed by atoms with van der Waals surface area (Å²) in [7, 11) is 1.70. The maximum atomic E-state index is 11.8. The minimum Gasteiger partial charge on any atom is -0.595 e. The van der Waals surface area contributed by atoms with Gasteiger partial charge in [0.25, 0.3) is 5.56 Å². The van der Waals surface area contributed by atoms with Crippen LogP contribution in [0.1, 0.15) is 12.5 Å². The van der Waals surface area contributed by atoms with Gasteiger partial charge in [0.05, 0.1) is 5.52 Å². The third kappa shape index (κ3) is 2.19. The van der Waals surface area contributed by atoms with Crippen LogP contribution in [0.15, 0.2) is 40.8 Å². The van der Waals surface area contributed by atoms with Crippen LogP contribution in [-0.4, -0.2) is 9.77 Å².